The number of hydrogen-bond acceptors (Lipinski definition) is 4. The van der Waals surface area contributed by atoms with Gasteiger partial charge in [0.2, 0.25) is 5.91 Å². The summed E-state index contributed by atoms with van der Waals surface area (Å²) < 4.78 is 5.40. The van der Waals surface area contributed by atoms with Crippen molar-refractivity contribution in [3.05, 3.63) is 35.9 Å². The van der Waals surface area contributed by atoms with E-state index < -0.39 is 0 Å². The maximum Gasteiger partial charge on any atom is 0.410 e. The van der Waals surface area contributed by atoms with Gasteiger partial charge in [0.1, 0.15) is 6.61 Å². The molecule has 0 saturated carbocycles. The van der Waals surface area contributed by atoms with Gasteiger partial charge < -0.3 is 19.9 Å². The number of nitrogens with zero attached hydrogens (tertiary/aromatic N) is 2. The number of benzene rings is 1. The maximum atomic E-state index is 12.6. The van der Waals surface area contributed by atoms with Crippen LogP contribution in [0.15, 0.2) is 30.3 Å². The van der Waals surface area contributed by atoms with Crippen molar-refractivity contribution in [1.82, 2.24) is 15.1 Å². The molecule has 0 bridgehead atoms. The van der Waals surface area contributed by atoms with Gasteiger partial charge in [-0.25, -0.2) is 4.79 Å². The zero-order valence-corrected chi connectivity index (χ0v) is 17.8. The van der Waals surface area contributed by atoms with Crippen molar-refractivity contribution < 1.29 is 14.3 Å². The minimum absolute atomic E-state index is 0.00188. The summed E-state index contributed by atoms with van der Waals surface area (Å²) in [6, 6.07) is 10.3. The van der Waals surface area contributed by atoms with Gasteiger partial charge in [-0.05, 0) is 57.6 Å². The Morgan fingerprint density at radius 2 is 1.83 bits per heavy atom. The third-order valence-corrected chi connectivity index (χ3v) is 6.17. The number of likely N-dealkylation sites (tertiary alicyclic amines) is 2. The Hall–Kier alpha value is -2.08. The first-order valence-corrected chi connectivity index (χ1v) is 11.0. The number of rotatable bonds is 6. The number of nitrogens with one attached hydrogen (secondary N) is 1. The lowest BCUT2D eigenvalue weighted by molar-refractivity contribution is -0.126. The maximum absolute atomic E-state index is 12.6. The van der Waals surface area contributed by atoms with Crippen molar-refractivity contribution in [2.45, 2.75) is 52.2 Å². The van der Waals surface area contributed by atoms with E-state index in [4.69, 9.17) is 4.74 Å². The summed E-state index contributed by atoms with van der Waals surface area (Å²) in [5.74, 6) is 0.685. The molecule has 29 heavy (non-hydrogen) atoms. The second-order valence-electron chi connectivity index (χ2n) is 8.64. The molecule has 0 aliphatic carbocycles. The van der Waals surface area contributed by atoms with Crippen molar-refractivity contribution >= 4 is 12.0 Å². The van der Waals surface area contributed by atoms with Gasteiger partial charge in [0, 0.05) is 38.1 Å². The smallest absolute Gasteiger partial charge is 0.410 e. The average molecular weight is 402 g/mol. The normalized spacial score (nSPS) is 21.2. The standard InChI is InChI=1S/C23H35N3O3/c1-18(2)26-12-6-9-20(16-26)15-24-22(27)21-10-13-25(14-11-21)23(28)29-17-19-7-4-3-5-8-19/h3-5,7-8,18,20-21H,6,9-17H2,1-2H3,(H,24,27). The van der Waals surface area contributed by atoms with Gasteiger partial charge in [-0.15, -0.1) is 0 Å². The van der Waals surface area contributed by atoms with Gasteiger partial charge in [-0.3, -0.25) is 4.79 Å². The molecule has 2 aliphatic heterocycles. The van der Waals surface area contributed by atoms with Gasteiger partial charge in [-0.1, -0.05) is 30.3 Å². The average Bonchev–Trinajstić information content (AvgIpc) is 2.77. The van der Waals surface area contributed by atoms with E-state index in [2.05, 4.69) is 24.1 Å². The van der Waals surface area contributed by atoms with Crippen molar-refractivity contribution in [1.29, 1.82) is 0 Å². The first kappa shape index (κ1) is 21.6. The number of piperidine rings is 2. The van der Waals surface area contributed by atoms with Crippen LogP contribution in [-0.2, 0) is 16.1 Å². The highest BCUT2D eigenvalue weighted by atomic mass is 16.6. The molecule has 2 fully saturated rings. The van der Waals surface area contributed by atoms with Crippen LogP contribution in [0, 0.1) is 11.8 Å². The zero-order valence-electron chi connectivity index (χ0n) is 17.8. The highest BCUT2D eigenvalue weighted by Gasteiger charge is 2.29. The second kappa shape index (κ2) is 10.6. The van der Waals surface area contributed by atoms with E-state index in [1.165, 1.54) is 19.4 Å². The highest BCUT2D eigenvalue weighted by Crippen LogP contribution is 2.20. The van der Waals surface area contributed by atoms with E-state index in [0.717, 1.165) is 18.7 Å². The summed E-state index contributed by atoms with van der Waals surface area (Å²) in [5.41, 5.74) is 0.980. The van der Waals surface area contributed by atoms with E-state index in [9.17, 15) is 9.59 Å². The van der Waals surface area contributed by atoms with Crippen molar-refractivity contribution in [3.63, 3.8) is 0 Å². The molecule has 2 heterocycles. The molecular formula is C23H35N3O3. The highest BCUT2D eigenvalue weighted by molar-refractivity contribution is 5.79. The lowest BCUT2D eigenvalue weighted by Crippen LogP contribution is -2.46. The molecule has 1 aromatic rings. The van der Waals surface area contributed by atoms with Crippen LogP contribution in [-0.4, -0.2) is 60.6 Å². The van der Waals surface area contributed by atoms with Crippen LogP contribution in [0.1, 0.15) is 45.1 Å². The topological polar surface area (TPSA) is 61.9 Å². The Kier molecular flexibility index (Phi) is 7.92. The van der Waals surface area contributed by atoms with E-state index in [1.54, 1.807) is 4.90 Å². The molecule has 3 rings (SSSR count). The Balaban J connectivity index is 1.35. The summed E-state index contributed by atoms with van der Waals surface area (Å²) in [4.78, 5) is 29.1. The van der Waals surface area contributed by atoms with Crippen LogP contribution in [0.5, 0.6) is 0 Å². The quantitative estimate of drug-likeness (QED) is 0.795. The number of amides is 2. The SMILES string of the molecule is CC(C)N1CCCC(CNC(=O)C2CCN(C(=O)OCc3ccccc3)CC2)C1. The van der Waals surface area contributed by atoms with Crippen molar-refractivity contribution in [3.8, 4) is 0 Å². The number of ether oxygens (including phenoxy) is 1. The molecule has 6 nitrogen and oxygen atoms in total. The third-order valence-electron chi connectivity index (χ3n) is 6.17. The molecule has 0 spiro atoms. The first-order chi connectivity index (χ1) is 14.0. The van der Waals surface area contributed by atoms with Gasteiger partial charge in [0.15, 0.2) is 0 Å². The lowest BCUT2D eigenvalue weighted by atomic mass is 9.94. The first-order valence-electron chi connectivity index (χ1n) is 11.0. The molecule has 1 N–H and O–H groups in total. The number of carbonyl (C=O) groups excluding carboxylic acids is 2. The molecular weight excluding hydrogens is 366 g/mol. The Labute approximate surface area is 174 Å². The number of hydrogen-bond donors (Lipinski definition) is 1. The minimum atomic E-state index is -0.288. The molecule has 2 aliphatic rings. The molecule has 2 amide bonds. The summed E-state index contributed by atoms with van der Waals surface area (Å²) in [5, 5.41) is 3.17. The summed E-state index contributed by atoms with van der Waals surface area (Å²) >= 11 is 0. The monoisotopic (exact) mass is 401 g/mol. The third kappa shape index (κ3) is 6.46. The zero-order chi connectivity index (χ0) is 20.6. The molecule has 160 valence electrons. The van der Waals surface area contributed by atoms with Gasteiger partial charge >= 0.3 is 6.09 Å². The molecule has 1 atom stereocenters. The van der Waals surface area contributed by atoms with Gasteiger partial charge in [0.25, 0.3) is 0 Å². The largest absolute Gasteiger partial charge is 0.445 e. The summed E-state index contributed by atoms with van der Waals surface area (Å²) in [6.07, 6.45) is 3.52. The van der Waals surface area contributed by atoms with Crippen LogP contribution >= 0.6 is 0 Å². The molecule has 6 heteroatoms. The minimum Gasteiger partial charge on any atom is -0.445 e. The fourth-order valence-electron chi connectivity index (χ4n) is 4.26. The Bertz CT molecular complexity index is 657. The molecule has 1 unspecified atom stereocenters. The lowest BCUT2D eigenvalue weighted by Gasteiger charge is -2.36. The fourth-order valence-corrected chi connectivity index (χ4v) is 4.26. The van der Waals surface area contributed by atoms with Crippen LogP contribution in [0.2, 0.25) is 0 Å². The molecule has 1 aromatic carbocycles. The van der Waals surface area contributed by atoms with Crippen molar-refractivity contribution in [2.75, 3.05) is 32.7 Å². The summed E-state index contributed by atoms with van der Waals surface area (Å²) in [6.45, 7) is 8.92. The number of carbonyl (C=O) groups is 2. The van der Waals surface area contributed by atoms with E-state index in [1.807, 2.05) is 30.3 Å². The molecule has 0 radical (unpaired) electrons. The Morgan fingerprint density at radius 1 is 1.10 bits per heavy atom. The van der Waals surface area contributed by atoms with E-state index >= 15 is 0 Å². The van der Waals surface area contributed by atoms with E-state index in [0.29, 0.717) is 37.9 Å². The van der Waals surface area contributed by atoms with Crippen LogP contribution in [0.3, 0.4) is 0 Å². The predicted octanol–water partition coefficient (Wildman–Crippen LogP) is 3.27. The second-order valence-corrected chi connectivity index (χ2v) is 8.64. The summed E-state index contributed by atoms with van der Waals surface area (Å²) in [7, 11) is 0. The van der Waals surface area contributed by atoms with Crippen LogP contribution in [0.25, 0.3) is 0 Å². The van der Waals surface area contributed by atoms with Gasteiger partial charge in [-0.2, -0.15) is 0 Å². The van der Waals surface area contributed by atoms with Crippen LogP contribution in [0.4, 0.5) is 4.79 Å². The Morgan fingerprint density at radius 3 is 2.52 bits per heavy atom. The molecule has 2 saturated heterocycles. The fraction of sp³-hybridized carbons (Fsp3) is 0.652. The van der Waals surface area contributed by atoms with Crippen LogP contribution < -0.4 is 5.32 Å². The predicted molar refractivity (Wildman–Crippen MR) is 113 cm³/mol. The van der Waals surface area contributed by atoms with Gasteiger partial charge in [0.05, 0.1) is 0 Å². The van der Waals surface area contributed by atoms with Crippen molar-refractivity contribution in [2.24, 2.45) is 11.8 Å². The van der Waals surface area contributed by atoms with E-state index in [-0.39, 0.29) is 24.5 Å². The molecule has 0 aromatic heterocycles.